The summed E-state index contributed by atoms with van der Waals surface area (Å²) in [6.07, 6.45) is 4.43. The summed E-state index contributed by atoms with van der Waals surface area (Å²) in [5.41, 5.74) is 6.83. The Bertz CT molecular complexity index is 1280. The number of ether oxygens (including phenoxy) is 1. The van der Waals surface area contributed by atoms with Crippen molar-refractivity contribution in [2.75, 3.05) is 0 Å². The van der Waals surface area contributed by atoms with Crippen LogP contribution in [-0.2, 0) is 28.8 Å². The Morgan fingerprint density at radius 2 is 1.61 bits per heavy atom. The van der Waals surface area contributed by atoms with Gasteiger partial charge in [0.25, 0.3) is 5.91 Å². The second kappa shape index (κ2) is 10.2. The molecule has 36 heavy (non-hydrogen) atoms. The van der Waals surface area contributed by atoms with Gasteiger partial charge in [-0.2, -0.15) is 0 Å². The normalized spacial score (nSPS) is 15.1. The third-order valence-electron chi connectivity index (χ3n) is 6.57. The van der Waals surface area contributed by atoms with E-state index in [9.17, 15) is 19.5 Å². The molecule has 4 N–H and O–H groups in total. The van der Waals surface area contributed by atoms with E-state index >= 15 is 0 Å². The Balaban J connectivity index is 2.08. The number of carbonyl (C=O) groups is 3. The molecule has 0 saturated carbocycles. The maximum absolute atomic E-state index is 12.8. The number of hydrogen-bond donors (Lipinski definition) is 4. The summed E-state index contributed by atoms with van der Waals surface area (Å²) in [5, 5.41) is 12.9. The van der Waals surface area contributed by atoms with Crippen molar-refractivity contribution in [2.45, 2.75) is 86.7 Å². The average Bonchev–Trinajstić information content (AvgIpc) is 3.37. The van der Waals surface area contributed by atoms with Crippen molar-refractivity contribution >= 4 is 23.9 Å². The molecular formula is C28H37N3O5. The number of allylic oxidation sites excluding steroid dienone is 1. The van der Waals surface area contributed by atoms with Crippen LogP contribution >= 0.6 is 0 Å². The van der Waals surface area contributed by atoms with Gasteiger partial charge in [-0.15, -0.1) is 0 Å². The highest BCUT2D eigenvalue weighted by Crippen LogP contribution is 2.30. The number of rotatable bonds is 8. The second-order valence-electron chi connectivity index (χ2n) is 10.1. The molecule has 0 radical (unpaired) electrons. The van der Waals surface area contributed by atoms with E-state index in [1.54, 1.807) is 27.7 Å². The fourth-order valence-electron chi connectivity index (χ4n) is 4.89. The lowest BCUT2D eigenvalue weighted by Gasteiger charge is -2.19. The van der Waals surface area contributed by atoms with Crippen LogP contribution in [0.15, 0.2) is 16.8 Å². The number of carboxylic acids is 1. The van der Waals surface area contributed by atoms with Crippen LogP contribution in [-0.4, -0.2) is 38.5 Å². The van der Waals surface area contributed by atoms with Crippen molar-refractivity contribution in [3.63, 3.8) is 0 Å². The van der Waals surface area contributed by atoms with Crippen LogP contribution in [0.3, 0.4) is 0 Å². The molecule has 2 aromatic rings. The predicted octanol–water partition coefficient (Wildman–Crippen LogP) is 5.22. The Kier molecular flexibility index (Phi) is 7.67. The highest BCUT2D eigenvalue weighted by molar-refractivity contribution is 6.01. The van der Waals surface area contributed by atoms with Crippen LogP contribution in [0.4, 0.5) is 0 Å². The molecule has 0 atom stereocenters. The summed E-state index contributed by atoms with van der Waals surface area (Å²) >= 11 is 0. The maximum atomic E-state index is 12.8. The van der Waals surface area contributed by atoms with Crippen LogP contribution in [0.5, 0.6) is 0 Å². The third kappa shape index (κ3) is 5.17. The largest absolute Gasteiger partial charge is 0.478 e. The number of esters is 1. The summed E-state index contributed by atoms with van der Waals surface area (Å²) in [4.78, 5) is 43.7. The minimum Gasteiger partial charge on any atom is -0.478 e. The second-order valence-corrected chi connectivity index (χ2v) is 10.1. The van der Waals surface area contributed by atoms with Gasteiger partial charge >= 0.3 is 11.9 Å². The van der Waals surface area contributed by atoms with Gasteiger partial charge < -0.3 is 25.1 Å². The molecule has 0 aliphatic carbocycles. The monoisotopic (exact) mass is 495 g/mol. The van der Waals surface area contributed by atoms with Gasteiger partial charge in [0.1, 0.15) is 11.3 Å². The van der Waals surface area contributed by atoms with Crippen molar-refractivity contribution < 1.29 is 24.2 Å². The van der Waals surface area contributed by atoms with Crippen LogP contribution < -0.4 is 5.32 Å². The van der Waals surface area contributed by atoms with E-state index < -0.39 is 17.5 Å². The van der Waals surface area contributed by atoms with Gasteiger partial charge in [-0.3, -0.25) is 4.79 Å². The highest BCUT2D eigenvalue weighted by atomic mass is 16.6. The summed E-state index contributed by atoms with van der Waals surface area (Å²) in [7, 11) is 0. The fourth-order valence-corrected chi connectivity index (χ4v) is 4.89. The number of aromatic amines is 2. The summed E-state index contributed by atoms with van der Waals surface area (Å²) < 4.78 is 5.48. The van der Waals surface area contributed by atoms with E-state index in [1.807, 2.05) is 19.9 Å². The molecule has 0 unspecified atom stereocenters. The fraction of sp³-hybridized carbons (Fsp3) is 0.464. The van der Waals surface area contributed by atoms with E-state index in [2.05, 4.69) is 29.1 Å². The maximum Gasteiger partial charge on any atom is 0.355 e. The number of hydrogen-bond acceptors (Lipinski definition) is 4. The van der Waals surface area contributed by atoms with Gasteiger partial charge in [-0.25, -0.2) is 9.59 Å². The molecule has 8 heteroatoms. The van der Waals surface area contributed by atoms with E-state index in [0.29, 0.717) is 17.7 Å². The number of nitrogens with one attached hydrogen (secondary N) is 3. The summed E-state index contributed by atoms with van der Waals surface area (Å²) in [6.45, 7) is 15.0. The smallest absolute Gasteiger partial charge is 0.355 e. The minimum atomic E-state index is -1.10. The molecule has 0 spiro atoms. The van der Waals surface area contributed by atoms with Crippen molar-refractivity contribution in [1.29, 1.82) is 0 Å². The van der Waals surface area contributed by atoms with Crippen molar-refractivity contribution in [3.05, 3.63) is 61.9 Å². The Hall–Kier alpha value is -3.55. The molecule has 3 rings (SSSR count). The lowest BCUT2D eigenvalue weighted by Crippen LogP contribution is -2.24. The number of aromatic nitrogens is 2. The Labute approximate surface area is 212 Å². The molecule has 194 valence electrons. The Morgan fingerprint density at radius 3 is 2.11 bits per heavy atom. The van der Waals surface area contributed by atoms with Crippen LogP contribution in [0, 0.1) is 6.92 Å². The summed E-state index contributed by atoms with van der Waals surface area (Å²) in [5.74, 6) is -1.75. The standard InChI is InChI=1S/C28H37N3O5/c1-9-16-14(4)19(31-25(16)32)12-20-17(10-2)18(11-3)21(29-20)13-22-23(26(33)34)15(5)24(30-22)27(35)36-28(6,7)8/h12,29-30H,9-11,13H2,1-8H3,(H,31,32)(H,33,34)/b19-12+. The molecule has 0 aromatic carbocycles. The molecule has 3 heterocycles. The van der Waals surface area contributed by atoms with Crippen LogP contribution in [0.25, 0.3) is 6.08 Å². The van der Waals surface area contributed by atoms with Gasteiger partial charge in [0.2, 0.25) is 0 Å². The lowest BCUT2D eigenvalue weighted by molar-refractivity contribution is -0.116. The zero-order valence-electron chi connectivity index (χ0n) is 22.5. The predicted molar refractivity (Wildman–Crippen MR) is 139 cm³/mol. The van der Waals surface area contributed by atoms with E-state index in [-0.39, 0.29) is 23.6 Å². The quantitative estimate of drug-likeness (QED) is 0.374. The zero-order valence-corrected chi connectivity index (χ0v) is 22.5. The molecule has 1 aliphatic heterocycles. The Morgan fingerprint density at radius 1 is 0.972 bits per heavy atom. The highest BCUT2D eigenvalue weighted by Gasteiger charge is 2.28. The first-order chi connectivity index (χ1) is 16.8. The zero-order chi connectivity index (χ0) is 26.9. The molecule has 1 aliphatic rings. The number of H-pyrrole nitrogens is 2. The molecule has 0 saturated heterocycles. The van der Waals surface area contributed by atoms with Crippen LogP contribution in [0.1, 0.15) is 110 Å². The SMILES string of the molecule is CCC1=C(C)/C(=C\c2[nH]c(Cc3[nH]c(C(=O)OC(C)(C)C)c(C)c3C(=O)O)c(CC)c2CC)NC1=O. The molecule has 8 nitrogen and oxygen atoms in total. The van der Waals surface area contributed by atoms with E-state index in [4.69, 9.17) is 4.74 Å². The lowest BCUT2D eigenvalue weighted by atomic mass is 9.99. The average molecular weight is 496 g/mol. The number of carbonyl (C=O) groups excluding carboxylic acids is 2. The van der Waals surface area contributed by atoms with Gasteiger partial charge in [-0.1, -0.05) is 20.8 Å². The third-order valence-corrected chi connectivity index (χ3v) is 6.57. The minimum absolute atomic E-state index is 0.0653. The molecule has 0 fully saturated rings. The first-order valence-electron chi connectivity index (χ1n) is 12.5. The first-order valence-corrected chi connectivity index (χ1v) is 12.5. The van der Waals surface area contributed by atoms with Crippen molar-refractivity contribution in [3.8, 4) is 0 Å². The number of carboxylic acid groups (broad SMARTS) is 1. The molecule has 0 bridgehead atoms. The van der Waals surface area contributed by atoms with Crippen LogP contribution in [0.2, 0.25) is 0 Å². The van der Waals surface area contributed by atoms with Crippen molar-refractivity contribution in [2.24, 2.45) is 0 Å². The van der Waals surface area contributed by atoms with Gasteiger partial charge in [0, 0.05) is 34.8 Å². The topological polar surface area (TPSA) is 124 Å². The summed E-state index contributed by atoms with van der Waals surface area (Å²) in [6, 6.07) is 0. The van der Waals surface area contributed by atoms with Gasteiger partial charge in [-0.05, 0) is 82.2 Å². The first kappa shape index (κ1) is 27.0. The number of aromatic carboxylic acids is 1. The van der Waals surface area contributed by atoms with E-state index in [0.717, 1.165) is 52.2 Å². The molecule has 1 amide bonds. The number of amides is 1. The van der Waals surface area contributed by atoms with Crippen molar-refractivity contribution in [1.82, 2.24) is 15.3 Å². The van der Waals surface area contributed by atoms with E-state index in [1.165, 1.54) is 0 Å². The van der Waals surface area contributed by atoms with Gasteiger partial charge in [0.05, 0.1) is 5.56 Å². The molecular weight excluding hydrogens is 458 g/mol. The van der Waals surface area contributed by atoms with Gasteiger partial charge in [0.15, 0.2) is 0 Å². The molecule has 2 aromatic heterocycles.